The lowest BCUT2D eigenvalue weighted by Gasteiger charge is -2.06. The van der Waals surface area contributed by atoms with Gasteiger partial charge in [-0.1, -0.05) is 341 Å². The Balaban J connectivity index is 3.12. The van der Waals surface area contributed by atoms with Gasteiger partial charge in [-0.15, -0.1) is 0 Å². The van der Waals surface area contributed by atoms with Crippen LogP contribution in [0.4, 0.5) is 0 Å². The number of hydrogen-bond donors (Lipinski definition) is 0. The van der Waals surface area contributed by atoms with E-state index in [0.29, 0.717) is 13.0 Å². The van der Waals surface area contributed by atoms with Crippen molar-refractivity contribution in [3.63, 3.8) is 0 Å². The van der Waals surface area contributed by atoms with E-state index in [0.717, 1.165) is 12.8 Å². The summed E-state index contributed by atoms with van der Waals surface area (Å²) in [6.45, 7) is 5.24. The molecule has 360 valence electrons. The smallest absolute Gasteiger partial charge is 0.305 e. The van der Waals surface area contributed by atoms with Gasteiger partial charge in [-0.05, 0) is 12.8 Å². The van der Waals surface area contributed by atoms with Gasteiger partial charge in [-0.25, -0.2) is 0 Å². The van der Waals surface area contributed by atoms with E-state index in [1.807, 2.05) is 0 Å². The highest BCUT2D eigenvalue weighted by Gasteiger charge is 2.03. The summed E-state index contributed by atoms with van der Waals surface area (Å²) in [6, 6.07) is 0. The van der Waals surface area contributed by atoms with Gasteiger partial charge in [0.1, 0.15) is 0 Å². The summed E-state index contributed by atoms with van der Waals surface area (Å²) in [4.78, 5) is 12.0. The molecular weight excluding hydrogens is 729 g/mol. The third kappa shape index (κ3) is 55.5. The van der Waals surface area contributed by atoms with Crippen LogP contribution in [0.2, 0.25) is 0 Å². The predicted octanol–water partition coefficient (Wildman–Crippen LogP) is 21.6. The molecule has 0 aliphatic carbocycles. The lowest BCUT2D eigenvalue weighted by Crippen LogP contribution is -2.05. The molecule has 0 saturated carbocycles. The summed E-state index contributed by atoms with van der Waals surface area (Å²) >= 11 is 0. The predicted molar refractivity (Wildman–Crippen MR) is 272 cm³/mol. The number of unbranched alkanes of at least 4 members (excludes halogenated alkanes) is 51. The molecular formula is C58H116O2. The van der Waals surface area contributed by atoms with Crippen molar-refractivity contribution in [1.29, 1.82) is 0 Å². The van der Waals surface area contributed by atoms with Crippen molar-refractivity contribution < 1.29 is 9.53 Å². The number of carbonyl (C=O) groups excluding carboxylic acids is 1. The van der Waals surface area contributed by atoms with Gasteiger partial charge in [0.15, 0.2) is 0 Å². The first-order chi connectivity index (χ1) is 29.8. The van der Waals surface area contributed by atoms with Crippen LogP contribution in [-0.4, -0.2) is 12.6 Å². The normalized spacial score (nSPS) is 11.6. The van der Waals surface area contributed by atoms with Gasteiger partial charge in [0.2, 0.25) is 0 Å². The van der Waals surface area contributed by atoms with Crippen LogP contribution in [0.1, 0.15) is 361 Å². The van der Waals surface area contributed by atoms with Crippen LogP contribution in [0.3, 0.4) is 0 Å². The second kappa shape index (κ2) is 56.5. The van der Waals surface area contributed by atoms with Gasteiger partial charge in [0.25, 0.3) is 0 Å². The lowest BCUT2D eigenvalue weighted by molar-refractivity contribution is -0.143. The molecule has 2 heteroatoms. The third-order valence-electron chi connectivity index (χ3n) is 13.7. The van der Waals surface area contributed by atoms with Gasteiger partial charge in [0, 0.05) is 6.42 Å². The number of ether oxygens (including phenoxy) is 1. The highest BCUT2D eigenvalue weighted by molar-refractivity contribution is 5.69. The Morgan fingerprint density at radius 2 is 0.367 bits per heavy atom. The van der Waals surface area contributed by atoms with Crippen molar-refractivity contribution >= 4 is 5.97 Å². The van der Waals surface area contributed by atoms with Crippen molar-refractivity contribution in [3.05, 3.63) is 0 Å². The molecule has 0 heterocycles. The molecule has 0 aliphatic rings. The Hall–Kier alpha value is -0.530. The van der Waals surface area contributed by atoms with Crippen molar-refractivity contribution in [2.24, 2.45) is 0 Å². The van der Waals surface area contributed by atoms with E-state index < -0.39 is 0 Å². The highest BCUT2D eigenvalue weighted by atomic mass is 16.5. The molecule has 0 aromatic carbocycles. The second-order valence-corrected chi connectivity index (χ2v) is 20.0. The number of hydrogen-bond acceptors (Lipinski definition) is 2. The topological polar surface area (TPSA) is 26.3 Å². The molecule has 0 aliphatic heterocycles. The van der Waals surface area contributed by atoms with Crippen LogP contribution in [0, 0.1) is 0 Å². The van der Waals surface area contributed by atoms with Crippen molar-refractivity contribution in [1.82, 2.24) is 0 Å². The molecule has 0 fully saturated rings. The molecule has 0 spiro atoms. The minimum atomic E-state index is 0.0336. The Morgan fingerprint density at radius 1 is 0.217 bits per heavy atom. The molecule has 0 unspecified atom stereocenters. The second-order valence-electron chi connectivity index (χ2n) is 20.0. The van der Waals surface area contributed by atoms with E-state index in [-0.39, 0.29) is 5.97 Å². The van der Waals surface area contributed by atoms with Crippen LogP contribution >= 0.6 is 0 Å². The Kier molecular flexibility index (Phi) is 56.0. The molecule has 0 aromatic heterocycles. The van der Waals surface area contributed by atoms with Crippen molar-refractivity contribution in [2.45, 2.75) is 361 Å². The molecule has 0 saturated heterocycles. The van der Waals surface area contributed by atoms with E-state index in [9.17, 15) is 4.79 Å². The van der Waals surface area contributed by atoms with E-state index in [1.54, 1.807) is 0 Å². The van der Waals surface area contributed by atoms with Crippen LogP contribution in [0.25, 0.3) is 0 Å². The molecule has 0 radical (unpaired) electrons. The molecule has 0 atom stereocenters. The Morgan fingerprint density at radius 3 is 0.550 bits per heavy atom. The van der Waals surface area contributed by atoms with Gasteiger partial charge in [0.05, 0.1) is 6.61 Å². The van der Waals surface area contributed by atoms with Crippen LogP contribution < -0.4 is 0 Å². The average molecular weight is 846 g/mol. The molecule has 60 heavy (non-hydrogen) atoms. The first kappa shape index (κ1) is 59.5. The van der Waals surface area contributed by atoms with E-state index in [1.165, 1.54) is 327 Å². The summed E-state index contributed by atoms with van der Waals surface area (Å²) in [6.07, 6.45) is 75.9. The summed E-state index contributed by atoms with van der Waals surface area (Å²) in [5, 5.41) is 0. The standard InChI is InChI=1S/C58H116O2/c1-3-5-7-9-11-13-15-17-19-20-21-22-23-24-25-26-27-28-29-30-31-32-33-34-35-36-37-38-39-40-41-43-45-47-49-51-53-55-57-60-58(59)56-54-52-50-48-46-44-42-18-16-14-12-10-8-6-4-2/h3-57H2,1-2H3. The summed E-state index contributed by atoms with van der Waals surface area (Å²) in [5.41, 5.74) is 0. The highest BCUT2D eigenvalue weighted by Crippen LogP contribution is 2.19. The number of rotatable bonds is 55. The minimum Gasteiger partial charge on any atom is -0.466 e. The fourth-order valence-corrected chi connectivity index (χ4v) is 9.44. The maximum Gasteiger partial charge on any atom is 0.305 e. The van der Waals surface area contributed by atoms with E-state index >= 15 is 0 Å². The van der Waals surface area contributed by atoms with Crippen molar-refractivity contribution in [3.8, 4) is 0 Å². The number of esters is 1. The number of carbonyl (C=O) groups is 1. The Bertz CT molecular complexity index is 747. The summed E-state index contributed by atoms with van der Waals surface area (Å²) in [5.74, 6) is 0.0336. The van der Waals surface area contributed by atoms with Gasteiger partial charge in [-0.3, -0.25) is 4.79 Å². The first-order valence-corrected chi connectivity index (χ1v) is 29.0. The zero-order valence-corrected chi connectivity index (χ0v) is 42.2. The molecule has 0 amide bonds. The lowest BCUT2D eigenvalue weighted by atomic mass is 10.0. The maximum absolute atomic E-state index is 12.0. The third-order valence-corrected chi connectivity index (χ3v) is 13.7. The van der Waals surface area contributed by atoms with Crippen LogP contribution in [0.15, 0.2) is 0 Å². The zero-order valence-electron chi connectivity index (χ0n) is 42.2. The van der Waals surface area contributed by atoms with Crippen LogP contribution in [0.5, 0.6) is 0 Å². The minimum absolute atomic E-state index is 0.0336. The van der Waals surface area contributed by atoms with E-state index in [2.05, 4.69) is 13.8 Å². The monoisotopic (exact) mass is 845 g/mol. The van der Waals surface area contributed by atoms with E-state index in [4.69, 9.17) is 4.74 Å². The fourth-order valence-electron chi connectivity index (χ4n) is 9.44. The molecule has 0 aromatic rings. The Labute approximate surface area is 381 Å². The molecule has 0 bridgehead atoms. The summed E-state index contributed by atoms with van der Waals surface area (Å²) in [7, 11) is 0. The molecule has 2 nitrogen and oxygen atoms in total. The van der Waals surface area contributed by atoms with Gasteiger partial charge < -0.3 is 4.74 Å². The first-order valence-electron chi connectivity index (χ1n) is 29.0. The fraction of sp³-hybridized carbons (Fsp3) is 0.983. The summed E-state index contributed by atoms with van der Waals surface area (Å²) < 4.78 is 5.50. The van der Waals surface area contributed by atoms with Crippen LogP contribution in [-0.2, 0) is 9.53 Å². The molecule has 0 rings (SSSR count). The zero-order chi connectivity index (χ0) is 43.2. The maximum atomic E-state index is 12.0. The van der Waals surface area contributed by atoms with Gasteiger partial charge >= 0.3 is 5.97 Å². The van der Waals surface area contributed by atoms with Gasteiger partial charge in [-0.2, -0.15) is 0 Å². The largest absolute Gasteiger partial charge is 0.466 e. The SMILES string of the molecule is CCCCCCCCCCCCCCCCCCCCCCCCCCCCCCCCCCCCCCCCOC(=O)CCCCCCCCCCCCCCCCC. The molecule has 0 N–H and O–H groups in total. The quantitative estimate of drug-likeness (QED) is 0.0450. The van der Waals surface area contributed by atoms with Crippen molar-refractivity contribution in [2.75, 3.05) is 6.61 Å². The average Bonchev–Trinajstić information content (AvgIpc) is 3.25.